The zero-order valence-electron chi connectivity index (χ0n) is 7.25. The number of hydrogen-bond acceptors (Lipinski definition) is 2. The molecule has 0 aromatic heterocycles. The molecule has 0 radical (unpaired) electrons. The number of alkyl halides is 1. The Morgan fingerprint density at radius 3 is 2.33 bits per heavy atom. The van der Waals surface area contributed by atoms with E-state index in [2.05, 4.69) is 0 Å². The van der Waals surface area contributed by atoms with Crippen LogP contribution < -0.4 is 4.31 Å². The Morgan fingerprint density at radius 1 is 1.27 bits per heavy atom. The fourth-order valence-electron chi connectivity index (χ4n) is 1.19. The van der Waals surface area contributed by atoms with Crippen molar-refractivity contribution in [3.05, 3.63) is 40.3 Å². The van der Waals surface area contributed by atoms with Crippen LogP contribution in [0, 0.1) is 11.6 Å². The van der Waals surface area contributed by atoms with Crippen LogP contribution in [0.4, 0.5) is 14.5 Å². The first-order chi connectivity index (χ1) is 7.11. The fraction of sp³-hybridized carbons (Fsp3) is 0.111. The Kier molecular flexibility index (Phi) is 3.09. The van der Waals surface area contributed by atoms with Gasteiger partial charge in [0.05, 0.1) is 5.03 Å². The molecule has 0 aliphatic carbocycles. The Labute approximate surface area is 99.8 Å². The van der Waals surface area contributed by atoms with Crippen LogP contribution >= 0.6 is 35.1 Å². The largest absolute Gasteiger partial charge is 0.284 e. The molecule has 6 heteroatoms. The third kappa shape index (κ3) is 1.94. The van der Waals surface area contributed by atoms with E-state index in [0.29, 0.717) is 5.03 Å². The zero-order valence-corrected chi connectivity index (χ0v) is 9.58. The summed E-state index contributed by atoms with van der Waals surface area (Å²) in [5.74, 6) is -1.32. The average Bonchev–Trinajstić information content (AvgIpc) is 2.49. The van der Waals surface area contributed by atoms with Gasteiger partial charge in [0, 0.05) is 5.41 Å². The van der Waals surface area contributed by atoms with Gasteiger partial charge in [-0.3, -0.25) is 4.31 Å². The van der Waals surface area contributed by atoms with Crippen molar-refractivity contribution >= 4 is 40.8 Å². The van der Waals surface area contributed by atoms with Crippen molar-refractivity contribution in [3.8, 4) is 0 Å². The van der Waals surface area contributed by atoms with E-state index in [-0.39, 0.29) is 5.69 Å². The van der Waals surface area contributed by atoms with Gasteiger partial charge < -0.3 is 0 Å². The maximum absolute atomic E-state index is 13.4. The topological polar surface area (TPSA) is 3.24 Å². The molecule has 80 valence electrons. The molecule has 1 nitrogen and oxygen atoms in total. The van der Waals surface area contributed by atoms with Crippen LogP contribution in [0.1, 0.15) is 0 Å². The molecule has 1 aromatic carbocycles. The predicted octanol–water partition coefficient (Wildman–Crippen LogP) is 4.08. The molecule has 1 unspecified atom stereocenters. The molecule has 1 aliphatic rings. The summed E-state index contributed by atoms with van der Waals surface area (Å²) in [6, 6.07) is 3.65. The molecule has 2 rings (SSSR count). The van der Waals surface area contributed by atoms with Crippen LogP contribution in [0.3, 0.4) is 0 Å². The minimum Gasteiger partial charge on any atom is -0.284 e. The molecule has 0 saturated heterocycles. The zero-order chi connectivity index (χ0) is 11.0. The molecule has 0 bridgehead atoms. The minimum atomic E-state index is -0.733. The van der Waals surface area contributed by atoms with Gasteiger partial charge in [0.15, 0.2) is 5.50 Å². The van der Waals surface area contributed by atoms with E-state index < -0.39 is 17.1 Å². The molecular formula is C9H5Cl2F2NS. The van der Waals surface area contributed by atoms with Gasteiger partial charge in [0.1, 0.15) is 17.3 Å². The number of halogens is 4. The molecule has 0 amide bonds. The van der Waals surface area contributed by atoms with Crippen LogP contribution in [-0.4, -0.2) is 5.50 Å². The molecule has 0 N–H and O–H groups in total. The van der Waals surface area contributed by atoms with Crippen molar-refractivity contribution in [2.24, 2.45) is 0 Å². The average molecular weight is 268 g/mol. The standard InChI is InChI=1S/C9H5Cl2F2NS/c10-5-4-15-14(9(5)11)8-6(12)2-1-3-7(8)13/h1-4,9H. The van der Waals surface area contributed by atoms with Gasteiger partial charge >= 0.3 is 0 Å². The number of benzene rings is 1. The summed E-state index contributed by atoms with van der Waals surface area (Å²) in [5, 5.41) is 1.90. The molecule has 1 aliphatic heterocycles. The van der Waals surface area contributed by atoms with Gasteiger partial charge in [-0.25, -0.2) is 8.78 Å². The Balaban J connectivity index is 2.40. The molecule has 0 fully saturated rings. The fourth-order valence-corrected chi connectivity index (χ4v) is 2.69. The SMILES string of the molecule is Fc1cccc(F)c1N1SC=C(Cl)C1Cl. The summed E-state index contributed by atoms with van der Waals surface area (Å²) in [6.07, 6.45) is 0. The van der Waals surface area contributed by atoms with Crippen LogP contribution in [0.15, 0.2) is 28.6 Å². The smallest absolute Gasteiger partial charge is 0.151 e. The summed E-state index contributed by atoms with van der Waals surface area (Å²) in [7, 11) is 0. The predicted molar refractivity (Wildman–Crippen MR) is 60.0 cm³/mol. The lowest BCUT2D eigenvalue weighted by molar-refractivity contribution is 0.584. The Bertz CT molecular complexity index is 404. The highest BCUT2D eigenvalue weighted by atomic mass is 35.5. The minimum absolute atomic E-state index is 0.172. The van der Waals surface area contributed by atoms with Crippen molar-refractivity contribution in [2.45, 2.75) is 5.50 Å². The van der Waals surface area contributed by atoms with Gasteiger partial charge in [-0.2, -0.15) is 0 Å². The summed E-state index contributed by atoms with van der Waals surface area (Å²) < 4.78 is 28.1. The third-order valence-corrected chi connectivity index (χ3v) is 3.95. The lowest BCUT2D eigenvalue weighted by Crippen LogP contribution is -2.21. The number of hydrogen-bond donors (Lipinski definition) is 0. The summed E-state index contributed by atoms with van der Waals surface area (Å²) >= 11 is 12.7. The van der Waals surface area contributed by atoms with Crippen LogP contribution in [0.2, 0.25) is 0 Å². The van der Waals surface area contributed by atoms with Crippen molar-refractivity contribution in [1.29, 1.82) is 0 Å². The lowest BCUT2D eigenvalue weighted by Gasteiger charge is -2.21. The van der Waals surface area contributed by atoms with Gasteiger partial charge in [-0.05, 0) is 24.1 Å². The quantitative estimate of drug-likeness (QED) is 0.429. The van der Waals surface area contributed by atoms with Gasteiger partial charge in [-0.1, -0.05) is 29.3 Å². The molecular weight excluding hydrogens is 263 g/mol. The van der Waals surface area contributed by atoms with E-state index in [4.69, 9.17) is 23.2 Å². The van der Waals surface area contributed by atoms with Gasteiger partial charge in [0.2, 0.25) is 0 Å². The van der Waals surface area contributed by atoms with Gasteiger partial charge in [0.25, 0.3) is 0 Å². The van der Waals surface area contributed by atoms with Crippen LogP contribution in [-0.2, 0) is 0 Å². The van der Waals surface area contributed by atoms with Crippen molar-refractivity contribution < 1.29 is 8.78 Å². The number of nitrogens with zero attached hydrogens (tertiary/aromatic N) is 1. The highest BCUT2D eigenvalue weighted by molar-refractivity contribution is 8.03. The first kappa shape index (κ1) is 11.0. The van der Waals surface area contributed by atoms with Crippen LogP contribution in [0.25, 0.3) is 0 Å². The first-order valence-electron chi connectivity index (χ1n) is 4.01. The summed E-state index contributed by atoms with van der Waals surface area (Å²) in [4.78, 5) is 0. The number of para-hydroxylation sites is 1. The normalized spacial score (nSPS) is 20.7. The van der Waals surface area contributed by atoms with E-state index in [1.165, 1.54) is 22.5 Å². The lowest BCUT2D eigenvalue weighted by atomic mass is 10.3. The second-order valence-electron chi connectivity index (χ2n) is 2.84. The second-order valence-corrected chi connectivity index (χ2v) is 4.53. The summed E-state index contributed by atoms with van der Waals surface area (Å²) in [6.45, 7) is 0. The second kappa shape index (κ2) is 4.20. The van der Waals surface area contributed by atoms with Crippen molar-refractivity contribution in [3.63, 3.8) is 0 Å². The first-order valence-corrected chi connectivity index (χ1v) is 5.66. The molecule has 0 saturated carbocycles. The van der Waals surface area contributed by atoms with Gasteiger partial charge in [-0.15, -0.1) is 0 Å². The Hall–Kier alpha value is -0.450. The van der Waals surface area contributed by atoms with Crippen LogP contribution in [0.5, 0.6) is 0 Å². The maximum Gasteiger partial charge on any atom is 0.151 e. The van der Waals surface area contributed by atoms with E-state index >= 15 is 0 Å². The molecule has 0 spiro atoms. The molecule has 1 aromatic rings. The van der Waals surface area contributed by atoms with Crippen molar-refractivity contribution in [1.82, 2.24) is 0 Å². The molecule has 1 heterocycles. The highest BCUT2D eigenvalue weighted by Crippen LogP contribution is 2.41. The van der Waals surface area contributed by atoms with Crippen molar-refractivity contribution in [2.75, 3.05) is 4.31 Å². The van der Waals surface area contributed by atoms with E-state index in [9.17, 15) is 8.78 Å². The monoisotopic (exact) mass is 267 g/mol. The summed E-state index contributed by atoms with van der Waals surface area (Å²) in [5.41, 5.74) is -0.905. The maximum atomic E-state index is 13.4. The number of rotatable bonds is 1. The Morgan fingerprint density at radius 2 is 1.87 bits per heavy atom. The molecule has 15 heavy (non-hydrogen) atoms. The van der Waals surface area contributed by atoms with E-state index in [0.717, 1.165) is 11.9 Å². The molecule has 1 atom stereocenters. The van der Waals surface area contributed by atoms with E-state index in [1.807, 2.05) is 0 Å². The van der Waals surface area contributed by atoms with E-state index in [1.54, 1.807) is 5.41 Å². The highest BCUT2D eigenvalue weighted by Gasteiger charge is 2.29. The third-order valence-electron chi connectivity index (χ3n) is 1.87. The number of anilines is 1.